The number of nitrogens with zero attached hydrogens (tertiary/aromatic N) is 1. The minimum Gasteiger partial charge on any atom is -0.348 e. The predicted octanol–water partition coefficient (Wildman–Crippen LogP) is 3.32. The second-order valence-electron chi connectivity index (χ2n) is 8.35. The zero-order valence-electron chi connectivity index (χ0n) is 18.9. The number of amides is 2. The molecule has 0 aliphatic carbocycles. The Bertz CT molecular complexity index is 1120. The number of nitrogens with one attached hydrogen (secondary N) is 2. The molecule has 1 aliphatic rings. The van der Waals surface area contributed by atoms with Gasteiger partial charge in [-0.1, -0.05) is 48.4 Å². The van der Waals surface area contributed by atoms with Crippen LogP contribution in [0.1, 0.15) is 42.4 Å². The van der Waals surface area contributed by atoms with Crippen LogP contribution in [0.4, 0.5) is 0 Å². The van der Waals surface area contributed by atoms with Crippen LogP contribution in [-0.2, 0) is 26.2 Å². The molecule has 0 spiro atoms. The highest BCUT2D eigenvalue weighted by Crippen LogP contribution is 2.29. The molecule has 0 radical (unpaired) electrons. The highest BCUT2D eigenvalue weighted by molar-refractivity contribution is 7.89. The molecule has 0 bridgehead atoms. The van der Waals surface area contributed by atoms with Crippen LogP contribution in [-0.4, -0.2) is 43.7 Å². The monoisotopic (exact) mass is 491 g/mol. The lowest BCUT2D eigenvalue weighted by atomic mass is 10.0. The molecule has 178 valence electrons. The van der Waals surface area contributed by atoms with Crippen molar-refractivity contribution in [1.29, 1.82) is 0 Å². The molecule has 2 amide bonds. The molecule has 1 atom stereocenters. The molecule has 3 rings (SSSR count). The Balaban J connectivity index is 1.57. The van der Waals surface area contributed by atoms with Crippen LogP contribution in [0, 0.1) is 13.8 Å². The van der Waals surface area contributed by atoms with Crippen LogP contribution in [0.3, 0.4) is 0 Å². The van der Waals surface area contributed by atoms with Gasteiger partial charge in [-0.2, -0.15) is 4.31 Å². The Labute approximate surface area is 200 Å². The third-order valence-electron chi connectivity index (χ3n) is 5.87. The summed E-state index contributed by atoms with van der Waals surface area (Å²) in [6.45, 7) is 4.48. The molecule has 33 heavy (non-hydrogen) atoms. The van der Waals surface area contributed by atoms with Gasteiger partial charge in [-0.25, -0.2) is 8.42 Å². The summed E-state index contributed by atoms with van der Waals surface area (Å²) in [6, 6.07) is 12.3. The normalized spacial score (nSPS) is 16.9. The Morgan fingerprint density at radius 2 is 1.79 bits per heavy atom. The van der Waals surface area contributed by atoms with E-state index in [9.17, 15) is 18.0 Å². The van der Waals surface area contributed by atoms with Gasteiger partial charge in [-0.3, -0.25) is 9.59 Å². The Hall–Kier alpha value is -2.42. The van der Waals surface area contributed by atoms with Crippen molar-refractivity contribution in [2.45, 2.75) is 57.0 Å². The molecular formula is C24H30ClN3O4S. The number of piperidine rings is 1. The van der Waals surface area contributed by atoms with Crippen molar-refractivity contribution in [2.75, 3.05) is 13.1 Å². The average molecular weight is 492 g/mol. The summed E-state index contributed by atoms with van der Waals surface area (Å²) in [5, 5.41) is 5.67. The van der Waals surface area contributed by atoms with Crippen LogP contribution in [0.25, 0.3) is 0 Å². The summed E-state index contributed by atoms with van der Waals surface area (Å²) in [5.41, 5.74) is 2.33. The van der Waals surface area contributed by atoms with Crippen molar-refractivity contribution in [2.24, 2.45) is 0 Å². The molecule has 0 aromatic heterocycles. The van der Waals surface area contributed by atoms with Gasteiger partial charge < -0.3 is 10.6 Å². The van der Waals surface area contributed by atoms with Crippen molar-refractivity contribution in [3.8, 4) is 0 Å². The number of carbonyl (C=O) groups excluding carboxylic acids is 2. The summed E-state index contributed by atoms with van der Waals surface area (Å²) >= 11 is 6.06. The largest absolute Gasteiger partial charge is 0.348 e. The van der Waals surface area contributed by atoms with Gasteiger partial charge in [-0.15, -0.1) is 0 Å². The second kappa shape index (κ2) is 11.1. The number of halogens is 1. The minimum absolute atomic E-state index is 0.149. The van der Waals surface area contributed by atoms with E-state index in [0.29, 0.717) is 28.4 Å². The van der Waals surface area contributed by atoms with Gasteiger partial charge in [0.05, 0.1) is 4.90 Å². The lowest BCUT2D eigenvalue weighted by Crippen LogP contribution is -2.46. The maximum Gasteiger partial charge on any atom is 0.309 e. The zero-order chi connectivity index (χ0) is 24.0. The molecule has 1 saturated heterocycles. The van der Waals surface area contributed by atoms with E-state index in [0.717, 1.165) is 30.4 Å². The maximum absolute atomic E-state index is 13.4. The van der Waals surface area contributed by atoms with Crippen LogP contribution in [0.15, 0.2) is 47.4 Å². The van der Waals surface area contributed by atoms with Crippen LogP contribution >= 0.6 is 11.6 Å². The van der Waals surface area contributed by atoms with Crippen molar-refractivity contribution in [3.05, 3.63) is 64.2 Å². The van der Waals surface area contributed by atoms with Gasteiger partial charge in [0, 0.05) is 30.7 Å². The van der Waals surface area contributed by atoms with Crippen LogP contribution in [0.2, 0.25) is 5.02 Å². The predicted molar refractivity (Wildman–Crippen MR) is 128 cm³/mol. The number of benzene rings is 2. The first-order valence-electron chi connectivity index (χ1n) is 11.1. The fraction of sp³-hybridized carbons (Fsp3) is 0.417. The summed E-state index contributed by atoms with van der Waals surface area (Å²) in [7, 11) is -3.65. The lowest BCUT2D eigenvalue weighted by Gasteiger charge is -2.35. The molecule has 2 aromatic rings. The summed E-state index contributed by atoms with van der Waals surface area (Å²) in [5.74, 6) is -1.50. The summed E-state index contributed by atoms with van der Waals surface area (Å²) < 4.78 is 28.3. The first kappa shape index (κ1) is 25.2. The molecular weight excluding hydrogens is 462 g/mol. The number of hydrogen-bond donors (Lipinski definition) is 2. The Morgan fingerprint density at radius 3 is 2.55 bits per heavy atom. The molecule has 2 N–H and O–H groups in total. The van der Waals surface area contributed by atoms with Crippen LogP contribution in [0.5, 0.6) is 0 Å². The quantitative estimate of drug-likeness (QED) is 0.581. The highest BCUT2D eigenvalue weighted by Gasteiger charge is 2.34. The van der Waals surface area contributed by atoms with Crippen molar-refractivity contribution in [3.63, 3.8) is 0 Å². The molecule has 9 heteroatoms. The van der Waals surface area contributed by atoms with E-state index in [-0.39, 0.29) is 19.1 Å². The van der Waals surface area contributed by atoms with E-state index in [4.69, 9.17) is 11.6 Å². The molecule has 1 heterocycles. The fourth-order valence-corrected chi connectivity index (χ4v) is 6.26. The van der Waals surface area contributed by atoms with Gasteiger partial charge in [0.1, 0.15) is 0 Å². The molecule has 1 fully saturated rings. The molecule has 7 nitrogen and oxygen atoms in total. The van der Waals surface area contributed by atoms with E-state index in [1.54, 1.807) is 41.6 Å². The summed E-state index contributed by atoms with van der Waals surface area (Å²) in [6.07, 6.45) is 2.89. The standard InChI is InChI=1S/C24H30ClN3O4S/c1-17-10-11-18(2)22(15-17)33(31,32)28-14-6-5-8-20(28)12-13-26-23(29)24(30)27-16-19-7-3-4-9-21(19)25/h3-4,7,9-11,15,20H,5-6,8,12-14,16H2,1-2H3,(H,26,29)(H,27,30). The number of sulfonamides is 1. The van der Waals surface area contributed by atoms with Gasteiger partial charge in [0.25, 0.3) is 0 Å². The Kier molecular flexibility index (Phi) is 8.51. The average Bonchev–Trinajstić information content (AvgIpc) is 2.80. The second-order valence-corrected chi connectivity index (χ2v) is 10.6. The lowest BCUT2D eigenvalue weighted by molar-refractivity contribution is -0.139. The van der Waals surface area contributed by atoms with Crippen molar-refractivity contribution in [1.82, 2.24) is 14.9 Å². The molecule has 1 aliphatic heterocycles. The van der Waals surface area contributed by atoms with E-state index >= 15 is 0 Å². The third kappa shape index (κ3) is 6.34. The Morgan fingerprint density at radius 1 is 1.06 bits per heavy atom. The van der Waals surface area contributed by atoms with Crippen molar-refractivity contribution >= 4 is 33.4 Å². The van der Waals surface area contributed by atoms with E-state index in [1.807, 2.05) is 19.1 Å². The molecule has 2 aromatic carbocycles. The smallest absolute Gasteiger partial charge is 0.309 e. The highest BCUT2D eigenvalue weighted by atomic mass is 35.5. The SMILES string of the molecule is Cc1ccc(C)c(S(=O)(=O)N2CCCCC2CCNC(=O)C(=O)NCc2ccccc2Cl)c1. The van der Waals surface area contributed by atoms with Gasteiger partial charge in [0.2, 0.25) is 10.0 Å². The van der Waals surface area contributed by atoms with Gasteiger partial charge in [-0.05, 0) is 61.9 Å². The van der Waals surface area contributed by atoms with Crippen LogP contribution < -0.4 is 10.6 Å². The number of carbonyl (C=O) groups is 2. The maximum atomic E-state index is 13.4. The van der Waals surface area contributed by atoms with Gasteiger partial charge in [0.15, 0.2) is 0 Å². The fourth-order valence-electron chi connectivity index (χ4n) is 4.02. The number of rotatable bonds is 7. The number of aryl methyl sites for hydroxylation is 2. The zero-order valence-corrected chi connectivity index (χ0v) is 20.5. The number of hydrogen-bond acceptors (Lipinski definition) is 4. The first-order valence-corrected chi connectivity index (χ1v) is 12.9. The molecule has 0 saturated carbocycles. The van der Waals surface area contributed by atoms with Crippen molar-refractivity contribution < 1.29 is 18.0 Å². The van der Waals surface area contributed by atoms with E-state index in [2.05, 4.69) is 10.6 Å². The third-order valence-corrected chi connectivity index (χ3v) is 8.33. The topological polar surface area (TPSA) is 95.6 Å². The van der Waals surface area contributed by atoms with E-state index in [1.165, 1.54) is 0 Å². The summed E-state index contributed by atoms with van der Waals surface area (Å²) in [4.78, 5) is 24.6. The van der Waals surface area contributed by atoms with Gasteiger partial charge >= 0.3 is 11.8 Å². The minimum atomic E-state index is -3.65. The molecule has 1 unspecified atom stereocenters. The first-order chi connectivity index (χ1) is 15.7. The van der Waals surface area contributed by atoms with E-state index < -0.39 is 21.8 Å².